The topological polar surface area (TPSA) is 61.3 Å². The van der Waals surface area contributed by atoms with E-state index < -0.39 is 17.4 Å². The van der Waals surface area contributed by atoms with Gasteiger partial charge in [0.1, 0.15) is 5.52 Å². The van der Waals surface area contributed by atoms with E-state index in [4.69, 9.17) is 14.9 Å². The molecule has 0 saturated heterocycles. The summed E-state index contributed by atoms with van der Waals surface area (Å²) in [6.45, 7) is -0.174. The molecular formula is C14H10F2N2O2. The van der Waals surface area contributed by atoms with Gasteiger partial charge in [0.2, 0.25) is 5.89 Å². The molecule has 3 aromatic rings. The maximum absolute atomic E-state index is 13.4. The zero-order chi connectivity index (χ0) is 14.1. The van der Waals surface area contributed by atoms with E-state index in [2.05, 4.69) is 4.98 Å². The highest BCUT2D eigenvalue weighted by atomic mass is 19.1. The SMILES string of the molecule is Nc1ccc2oc(COc3c(F)cccc3F)nc2c1. The lowest BCUT2D eigenvalue weighted by Gasteiger charge is -2.05. The number of halogens is 2. The van der Waals surface area contributed by atoms with Gasteiger partial charge in [0, 0.05) is 5.69 Å². The molecular weight excluding hydrogens is 266 g/mol. The fourth-order valence-corrected chi connectivity index (χ4v) is 1.81. The van der Waals surface area contributed by atoms with Crippen molar-refractivity contribution in [2.45, 2.75) is 6.61 Å². The van der Waals surface area contributed by atoms with Gasteiger partial charge in [-0.05, 0) is 30.3 Å². The summed E-state index contributed by atoms with van der Waals surface area (Å²) in [7, 11) is 0. The van der Waals surface area contributed by atoms with Crippen molar-refractivity contribution < 1.29 is 17.9 Å². The molecule has 2 aromatic carbocycles. The molecule has 20 heavy (non-hydrogen) atoms. The molecule has 6 heteroatoms. The summed E-state index contributed by atoms with van der Waals surface area (Å²) >= 11 is 0. The standard InChI is InChI=1S/C14H10F2N2O2/c15-9-2-1-3-10(16)14(9)19-7-13-18-11-6-8(17)4-5-12(11)20-13/h1-6H,7,17H2. The zero-order valence-corrected chi connectivity index (χ0v) is 10.3. The minimum Gasteiger partial charge on any atom is -0.478 e. The lowest BCUT2D eigenvalue weighted by molar-refractivity contribution is 0.243. The zero-order valence-electron chi connectivity index (χ0n) is 10.3. The van der Waals surface area contributed by atoms with E-state index in [-0.39, 0.29) is 12.5 Å². The first-order valence-corrected chi connectivity index (χ1v) is 5.85. The number of fused-ring (bicyclic) bond motifs is 1. The molecule has 3 rings (SSSR count). The summed E-state index contributed by atoms with van der Waals surface area (Å²) in [4.78, 5) is 4.13. The molecule has 0 atom stereocenters. The Bertz CT molecular complexity index is 751. The number of nitrogens with two attached hydrogens (primary N) is 1. The Morgan fingerprint density at radius 2 is 1.90 bits per heavy atom. The highest BCUT2D eigenvalue weighted by molar-refractivity contribution is 5.76. The molecule has 0 amide bonds. The molecule has 4 nitrogen and oxygen atoms in total. The monoisotopic (exact) mass is 276 g/mol. The van der Waals surface area contributed by atoms with Crippen LogP contribution in [0, 0.1) is 11.6 Å². The normalized spacial score (nSPS) is 10.9. The predicted octanol–water partition coefficient (Wildman–Crippen LogP) is 3.27. The second kappa shape index (κ2) is 4.80. The third-order valence-corrected chi connectivity index (χ3v) is 2.71. The summed E-state index contributed by atoms with van der Waals surface area (Å²) in [6.07, 6.45) is 0. The summed E-state index contributed by atoms with van der Waals surface area (Å²) in [5.74, 6) is -1.78. The number of rotatable bonds is 3. The molecule has 0 radical (unpaired) electrons. The number of hydrogen-bond donors (Lipinski definition) is 1. The Kier molecular flexibility index (Phi) is 2.98. The van der Waals surface area contributed by atoms with Crippen LogP contribution in [0.25, 0.3) is 11.1 Å². The second-order valence-corrected chi connectivity index (χ2v) is 4.17. The molecule has 0 saturated carbocycles. The maximum Gasteiger partial charge on any atom is 0.233 e. The summed E-state index contributed by atoms with van der Waals surface area (Å²) in [6, 6.07) is 8.49. The van der Waals surface area contributed by atoms with Gasteiger partial charge in [-0.15, -0.1) is 0 Å². The van der Waals surface area contributed by atoms with Crippen LogP contribution < -0.4 is 10.5 Å². The average Bonchev–Trinajstić information content (AvgIpc) is 2.80. The van der Waals surface area contributed by atoms with Gasteiger partial charge >= 0.3 is 0 Å². The second-order valence-electron chi connectivity index (χ2n) is 4.17. The maximum atomic E-state index is 13.4. The van der Waals surface area contributed by atoms with Crippen molar-refractivity contribution in [3.05, 3.63) is 53.9 Å². The summed E-state index contributed by atoms with van der Waals surface area (Å²) in [5, 5.41) is 0. The van der Waals surface area contributed by atoms with E-state index in [1.165, 1.54) is 6.07 Å². The molecule has 0 fully saturated rings. The first-order valence-electron chi connectivity index (χ1n) is 5.85. The third-order valence-electron chi connectivity index (χ3n) is 2.71. The Morgan fingerprint density at radius 1 is 1.15 bits per heavy atom. The van der Waals surface area contributed by atoms with Gasteiger partial charge in [-0.25, -0.2) is 13.8 Å². The van der Waals surface area contributed by atoms with Gasteiger partial charge in [0.25, 0.3) is 0 Å². The van der Waals surface area contributed by atoms with Gasteiger partial charge in [-0.3, -0.25) is 0 Å². The first kappa shape index (κ1) is 12.4. The predicted molar refractivity (Wildman–Crippen MR) is 69.1 cm³/mol. The molecule has 2 N–H and O–H groups in total. The fourth-order valence-electron chi connectivity index (χ4n) is 1.81. The Balaban J connectivity index is 1.83. The lowest BCUT2D eigenvalue weighted by Crippen LogP contribution is -1.99. The van der Waals surface area contributed by atoms with Crippen LogP contribution in [0.5, 0.6) is 5.75 Å². The van der Waals surface area contributed by atoms with Gasteiger partial charge in [0.05, 0.1) is 0 Å². The van der Waals surface area contributed by atoms with E-state index in [1.54, 1.807) is 18.2 Å². The molecule has 0 aliphatic carbocycles. The van der Waals surface area contributed by atoms with Crippen LogP contribution in [0.3, 0.4) is 0 Å². The molecule has 1 heterocycles. The number of oxazole rings is 1. The average molecular weight is 276 g/mol. The number of nitrogen functional groups attached to an aromatic ring is 1. The van der Waals surface area contributed by atoms with E-state index in [0.29, 0.717) is 16.8 Å². The van der Waals surface area contributed by atoms with Crippen LogP contribution in [0.15, 0.2) is 40.8 Å². The number of hydrogen-bond acceptors (Lipinski definition) is 4. The third kappa shape index (κ3) is 2.27. The smallest absolute Gasteiger partial charge is 0.233 e. The minimum atomic E-state index is -0.773. The van der Waals surface area contributed by atoms with Crippen LogP contribution >= 0.6 is 0 Å². The van der Waals surface area contributed by atoms with Crippen LogP contribution in [-0.2, 0) is 6.61 Å². The molecule has 0 bridgehead atoms. The van der Waals surface area contributed by atoms with Crippen molar-refractivity contribution in [3.8, 4) is 5.75 Å². The minimum absolute atomic E-state index is 0.174. The summed E-state index contributed by atoms with van der Waals surface area (Å²) < 4.78 is 37.2. The number of nitrogens with zero attached hydrogens (tertiary/aromatic N) is 1. The van der Waals surface area contributed by atoms with Crippen LogP contribution in [0.1, 0.15) is 5.89 Å². The Hall–Kier alpha value is -2.63. The molecule has 0 aliphatic rings. The van der Waals surface area contributed by atoms with E-state index >= 15 is 0 Å². The fraction of sp³-hybridized carbons (Fsp3) is 0.0714. The summed E-state index contributed by atoms with van der Waals surface area (Å²) in [5.41, 5.74) is 7.28. The molecule has 1 aromatic heterocycles. The van der Waals surface area contributed by atoms with Crippen molar-refractivity contribution in [1.82, 2.24) is 4.98 Å². The van der Waals surface area contributed by atoms with Gasteiger partial charge in [0.15, 0.2) is 29.6 Å². The van der Waals surface area contributed by atoms with Crippen LogP contribution in [0.4, 0.5) is 14.5 Å². The number of ether oxygens (including phenoxy) is 1. The quantitative estimate of drug-likeness (QED) is 0.746. The number of para-hydroxylation sites is 1. The lowest BCUT2D eigenvalue weighted by atomic mass is 10.3. The van der Waals surface area contributed by atoms with Gasteiger partial charge < -0.3 is 14.9 Å². The van der Waals surface area contributed by atoms with E-state index in [0.717, 1.165) is 12.1 Å². The highest BCUT2D eigenvalue weighted by Gasteiger charge is 2.12. The van der Waals surface area contributed by atoms with E-state index in [9.17, 15) is 8.78 Å². The van der Waals surface area contributed by atoms with Gasteiger partial charge in [-0.1, -0.05) is 6.07 Å². The van der Waals surface area contributed by atoms with Crippen molar-refractivity contribution in [1.29, 1.82) is 0 Å². The molecule has 102 valence electrons. The number of aromatic nitrogens is 1. The van der Waals surface area contributed by atoms with Crippen LogP contribution in [0.2, 0.25) is 0 Å². The van der Waals surface area contributed by atoms with Crippen molar-refractivity contribution in [2.75, 3.05) is 5.73 Å². The number of benzene rings is 2. The van der Waals surface area contributed by atoms with Crippen molar-refractivity contribution in [2.24, 2.45) is 0 Å². The van der Waals surface area contributed by atoms with Crippen LogP contribution in [-0.4, -0.2) is 4.98 Å². The Morgan fingerprint density at radius 3 is 2.65 bits per heavy atom. The van der Waals surface area contributed by atoms with Gasteiger partial charge in [-0.2, -0.15) is 0 Å². The first-order chi connectivity index (χ1) is 9.63. The van der Waals surface area contributed by atoms with Crippen molar-refractivity contribution >= 4 is 16.8 Å². The molecule has 0 unspecified atom stereocenters. The molecule has 0 aliphatic heterocycles. The van der Waals surface area contributed by atoms with E-state index in [1.807, 2.05) is 0 Å². The Labute approximate surface area is 112 Å². The largest absolute Gasteiger partial charge is 0.478 e. The number of anilines is 1. The van der Waals surface area contributed by atoms with Crippen molar-refractivity contribution in [3.63, 3.8) is 0 Å². The molecule has 0 spiro atoms. The highest BCUT2D eigenvalue weighted by Crippen LogP contribution is 2.23.